The minimum atomic E-state index is -0.248. The Kier molecular flexibility index (Phi) is 7.13. The van der Waals surface area contributed by atoms with Gasteiger partial charge in [0.2, 0.25) is 5.91 Å². The van der Waals surface area contributed by atoms with Crippen molar-refractivity contribution < 1.29 is 13.9 Å². The van der Waals surface area contributed by atoms with Gasteiger partial charge in [-0.25, -0.2) is 4.39 Å². The van der Waals surface area contributed by atoms with E-state index in [9.17, 15) is 9.18 Å². The molecule has 0 spiro atoms. The van der Waals surface area contributed by atoms with Crippen LogP contribution in [0, 0.1) is 5.82 Å². The number of carbonyl (C=O) groups is 1. The number of likely N-dealkylation sites (tertiary alicyclic amines) is 1. The quantitative estimate of drug-likeness (QED) is 0.725. The minimum Gasteiger partial charge on any atom is -0.379 e. The standard InChI is InChI=1S/C25H31FN2O2/c26-22-11-9-20(10-12-22)18-24(21-6-2-1-3-7-21)25(29)28-13-5-4-8-23(28)19-27-14-16-30-17-15-27/h1-3,6-7,9-12,23-24H,4-5,8,13-19H2/t23-,24-/m1/s1. The van der Waals surface area contributed by atoms with Gasteiger partial charge in [0.05, 0.1) is 19.1 Å². The van der Waals surface area contributed by atoms with Gasteiger partial charge in [-0.15, -0.1) is 0 Å². The van der Waals surface area contributed by atoms with Crippen LogP contribution in [0.3, 0.4) is 0 Å². The van der Waals surface area contributed by atoms with Gasteiger partial charge in [0.1, 0.15) is 5.82 Å². The number of benzene rings is 2. The Balaban J connectivity index is 1.54. The molecule has 2 saturated heterocycles. The first-order chi connectivity index (χ1) is 14.7. The smallest absolute Gasteiger partial charge is 0.230 e. The number of halogens is 1. The first kappa shape index (κ1) is 21.0. The SMILES string of the molecule is O=C([C@H](Cc1ccc(F)cc1)c1ccccc1)N1CCCC[C@@H]1CN1CCOCC1. The van der Waals surface area contributed by atoms with Crippen LogP contribution in [0.25, 0.3) is 0 Å². The normalized spacial score (nSPS) is 21.4. The van der Waals surface area contributed by atoms with Gasteiger partial charge in [0.15, 0.2) is 0 Å². The first-order valence-corrected chi connectivity index (χ1v) is 11.1. The number of hydrogen-bond donors (Lipinski definition) is 0. The maximum absolute atomic E-state index is 13.8. The second-order valence-electron chi connectivity index (χ2n) is 8.39. The zero-order valence-electron chi connectivity index (χ0n) is 17.5. The van der Waals surface area contributed by atoms with Crippen LogP contribution < -0.4 is 0 Å². The molecule has 30 heavy (non-hydrogen) atoms. The molecule has 4 nitrogen and oxygen atoms in total. The zero-order valence-corrected chi connectivity index (χ0v) is 17.5. The van der Waals surface area contributed by atoms with E-state index in [2.05, 4.69) is 9.80 Å². The molecule has 0 radical (unpaired) electrons. The Morgan fingerprint density at radius 1 is 1.00 bits per heavy atom. The highest BCUT2D eigenvalue weighted by Gasteiger charge is 2.33. The molecule has 160 valence electrons. The number of rotatable bonds is 6. The third kappa shape index (κ3) is 5.27. The number of amides is 1. The predicted octanol–water partition coefficient (Wildman–Crippen LogP) is 3.87. The van der Waals surface area contributed by atoms with Gasteiger partial charge in [-0.05, 0) is 48.9 Å². The Labute approximate surface area is 178 Å². The van der Waals surface area contributed by atoms with Crippen LogP contribution in [-0.4, -0.2) is 61.1 Å². The summed E-state index contributed by atoms with van der Waals surface area (Å²) in [4.78, 5) is 18.4. The van der Waals surface area contributed by atoms with Crippen molar-refractivity contribution in [2.75, 3.05) is 39.4 Å². The molecule has 2 atom stereocenters. The third-order valence-corrected chi connectivity index (χ3v) is 6.34. The summed E-state index contributed by atoms with van der Waals surface area (Å²) in [5.74, 6) is -0.298. The van der Waals surface area contributed by atoms with E-state index < -0.39 is 0 Å². The molecule has 1 amide bonds. The fraction of sp³-hybridized carbons (Fsp3) is 0.480. The van der Waals surface area contributed by atoms with Crippen LogP contribution in [0.1, 0.15) is 36.3 Å². The Hall–Kier alpha value is -2.24. The fourth-order valence-electron chi connectivity index (χ4n) is 4.65. The van der Waals surface area contributed by atoms with Gasteiger partial charge in [-0.2, -0.15) is 0 Å². The summed E-state index contributed by atoms with van der Waals surface area (Å²) in [5, 5.41) is 0. The number of ether oxygens (including phenoxy) is 1. The second-order valence-corrected chi connectivity index (χ2v) is 8.39. The van der Waals surface area contributed by atoms with Crippen molar-refractivity contribution in [2.24, 2.45) is 0 Å². The van der Waals surface area contributed by atoms with Crippen LogP contribution >= 0.6 is 0 Å². The second kappa shape index (κ2) is 10.2. The number of carbonyl (C=O) groups excluding carboxylic acids is 1. The number of piperidine rings is 1. The highest BCUT2D eigenvalue weighted by Crippen LogP contribution is 2.28. The van der Waals surface area contributed by atoms with Crippen LogP contribution in [0.4, 0.5) is 4.39 Å². The van der Waals surface area contributed by atoms with Gasteiger partial charge in [-0.1, -0.05) is 42.5 Å². The highest BCUT2D eigenvalue weighted by atomic mass is 19.1. The lowest BCUT2D eigenvalue weighted by Crippen LogP contribution is -2.52. The lowest BCUT2D eigenvalue weighted by Gasteiger charge is -2.41. The average molecular weight is 411 g/mol. The summed E-state index contributed by atoms with van der Waals surface area (Å²) in [6.45, 7) is 5.18. The first-order valence-electron chi connectivity index (χ1n) is 11.1. The molecule has 0 saturated carbocycles. The number of nitrogens with zero attached hydrogens (tertiary/aromatic N) is 2. The molecule has 2 aromatic carbocycles. The van der Waals surface area contributed by atoms with Crippen LogP contribution in [0.2, 0.25) is 0 Å². The van der Waals surface area contributed by atoms with Gasteiger partial charge in [-0.3, -0.25) is 9.69 Å². The molecule has 2 aliphatic heterocycles. The molecule has 2 fully saturated rings. The summed E-state index contributed by atoms with van der Waals surface area (Å²) < 4.78 is 18.9. The minimum absolute atomic E-state index is 0.198. The maximum Gasteiger partial charge on any atom is 0.230 e. The zero-order chi connectivity index (χ0) is 20.8. The highest BCUT2D eigenvalue weighted by molar-refractivity contribution is 5.84. The number of morpholine rings is 1. The van der Waals surface area contributed by atoms with Crippen molar-refractivity contribution in [1.29, 1.82) is 0 Å². The van der Waals surface area contributed by atoms with Crippen molar-refractivity contribution in [3.63, 3.8) is 0 Å². The van der Waals surface area contributed by atoms with E-state index in [1.165, 1.54) is 18.6 Å². The monoisotopic (exact) mass is 410 g/mol. The summed E-state index contributed by atoms with van der Waals surface area (Å²) in [6, 6.07) is 16.8. The van der Waals surface area contributed by atoms with Crippen LogP contribution in [-0.2, 0) is 16.0 Å². The van der Waals surface area contributed by atoms with Gasteiger partial charge < -0.3 is 9.64 Å². The van der Waals surface area contributed by atoms with E-state index in [1.54, 1.807) is 12.1 Å². The Morgan fingerprint density at radius 2 is 1.73 bits per heavy atom. The molecule has 0 aromatic heterocycles. The molecule has 0 bridgehead atoms. The van der Waals surface area contributed by atoms with E-state index in [-0.39, 0.29) is 23.7 Å². The molecular formula is C25H31FN2O2. The van der Waals surface area contributed by atoms with Crippen molar-refractivity contribution in [1.82, 2.24) is 9.80 Å². The predicted molar refractivity (Wildman–Crippen MR) is 116 cm³/mol. The summed E-state index contributed by atoms with van der Waals surface area (Å²) in [6.07, 6.45) is 3.88. The van der Waals surface area contributed by atoms with Gasteiger partial charge >= 0.3 is 0 Å². The lowest BCUT2D eigenvalue weighted by atomic mass is 9.89. The van der Waals surface area contributed by atoms with E-state index >= 15 is 0 Å². The maximum atomic E-state index is 13.8. The van der Waals surface area contributed by atoms with E-state index in [0.717, 1.165) is 63.4 Å². The molecular weight excluding hydrogens is 379 g/mol. The molecule has 5 heteroatoms. The van der Waals surface area contributed by atoms with E-state index in [0.29, 0.717) is 6.42 Å². The molecule has 2 aromatic rings. The van der Waals surface area contributed by atoms with Crippen molar-refractivity contribution in [3.8, 4) is 0 Å². The number of hydrogen-bond acceptors (Lipinski definition) is 3. The topological polar surface area (TPSA) is 32.8 Å². The summed E-state index contributed by atoms with van der Waals surface area (Å²) >= 11 is 0. The molecule has 2 heterocycles. The average Bonchev–Trinajstić information content (AvgIpc) is 2.80. The largest absolute Gasteiger partial charge is 0.379 e. The van der Waals surface area contributed by atoms with Gasteiger partial charge in [0, 0.05) is 32.2 Å². The molecule has 0 aliphatic carbocycles. The third-order valence-electron chi connectivity index (χ3n) is 6.34. The van der Waals surface area contributed by atoms with Crippen LogP contribution in [0.5, 0.6) is 0 Å². The van der Waals surface area contributed by atoms with Crippen molar-refractivity contribution >= 4 is 5.91 Å². The lowest BCUT2D eigenvalue weighted by molar-refractivity contribution is -0.137. The molecule has 4 rings (SSSR count). The fourth-order valence-corrected chi connectivity index (χ4v) is 4.65. The Bertz CT molecular complexity index is 806. The summed E-state index contributed by atoms with van der Waals surface area (Å²) in [7, 11) is 0. The van der Waals surface area contributed by atoms with Crippen LogP contribution in [0.15, 0.2) is 54.6 Å². The molecule has 0 N–H and O–H groups in total. The van der Waals surface area contributed by atoms with Crippen molar-refractivity contribution in [2.45, 2.75) is 37.6 Å². The van der Waals surface area contributed by atoms with Crippen molar-refractivity contribution in [3.05, 3.63) is 71.5 Å². The van der Waals surface area contributed by atoms with Gasteiger partial charge in [0.25, 0.3) is 0 Å². The van der Waals surface area contributed by atoms with E-state index in [1.807, 2.05) is 30.3 Å². The Morgan fingerprint density at radius 3 is 2.47 bits per heavy atom. The summed E-state index contributed by atoms with van der Waals surface area (Å²) in [5.41, 5.74) is 2.02. The molecule has 2 aliphatic rings. The molecule has 0 unspecified atom stereocenters. The van der Waals surface area contributed by atoms with E-state index in [4.69, 9.17) is 4.74 Å².